The number of hydrogen-bond donors (Lipinski definition) is 1. The third-order valence-electron chi connectivity index (χ3n) is 4.43. The zero-order valence-corrected chi connectivity index (χ0v) is 16.3. The molecule has 0 radical (unpaired) electrons. The minimum absolute atomic E-state index is 0.306. The summed E-state index contributed by atoms with van der Waals surface area (Å²) in [6.07, 6.45) is 5.95. The first-order valence-corrected chi connectivity index (χ1v) is 9.53. The molecule has 7 nitrogen and oxygen atoms in total. The van der Waals surface area contributed by atoms with E-state index in [0.29, 0.717) is 5.56 Å². The number of hydrogen-bond acceptors (Lipinski definition) is 5. The Kier molecular flexibility index (Phi) is 7.92. The van der Waals surface area contributed by atoms with Crippen LogP contribution in [-0.2, 0) is 22.5 Å². The standard InChI is InChI=1S/C21H26N2O5/c1-3-4-5-6-7-16-8-10-17(11-9-16)20(26)15(2)28-19(25)14-23-13-12-18(24)22-21(23)27/h8-13,15H,3-7,14H2,1-2H3,(H,22,24,27)/t15-/m0/s1. The molecule has 0 saturated heterocycles. The van der Waals surface area contributed by atoms with E-state index in [-0.39, 0.29) is 12.3 Å². The number of aromatic nitrogens is 2. The van der Waals surface area contributed by atoms with Crippen LogP contribution < -0.4 is 11.2 Å². The van der Waals surface area contributed by atoms with Gasteiger partial charge in [-0.2, -0.15) is 0 Å². The van der Waals surface area contributed by atoms with Gasteiger partial charge in [0.1, 0.15) is 6.54 Å². The third kappa shape index (κ3) is 6.33. The van der Waals surface area contributed by atoms with Crippen molar-refractivity contribution < 1.29 is 14.3 Å². The van der Waals surface area contributed by atoms with E-state index in [0.717, 1.165) is 23.5 Å². The minimum Gasteiger partial charge on any atom is -0.453 e. The lowest BCUT2D eigenvalue weighted by Gasteiger charge is -2.13. The average Bonchev–Trinajstić information content (AvgIpc) is 2.67. The molecule has 1 aromatic heterocycles. The van der Waals surface area contributed by atoms with Crippen molar-refractivity contribution in [2.45, 2.75) is 58.6 Å². The minimum atomic E-state index is -0.971. The summed E-state index contributed by atoms with van der Waals surface area (Å²) >= 11 is 0. The van der Waals surface area contributed by atoms with Gasteiger partial charge >= 0.3 is 11.7 Å². The fourth-order valence-electron chi connectivity index (χ4n) is 2.82. The highest BCUT2D eigenvalue weighted by Crippen LogP contribution is 2.12. The Balaban J connectivity index is 1.89. The molecule has 2 aromatic rings. The number of Topliss-reactive ketones (excluding diaryl/α,β-unsaturated/α-hetero) is 1. The predicted molar refractivity (Wildman–Crippen MR) is 105 cm³/mol. The molecular weight excluding hydrogens is 360 g/mol. The van der Waals surface area contributed by atoms with Gasteiger partial charge in [-0.3, -0.25) is 23.9 Å². The summed E-state index contributed by atoms with van der Waals surface area (Å²) in [4.78, 5) is 49.1. The maximum atomic E-state index is 12.5. The van der Waals surface area contributed by atoms with Crippen molar-refractivity contribution >= 4 is 11.8 Å². The summed E-state index contributed by atoms with van der Waals surface area (Å²) in [5, 5.41) is 0. The highest BCUT2D eigenvalue weighted by molar-refractivity contribution is 6.00. The number of nitrogens with one attached hydrogen (secondary N) is 1. The molecule has 1 heterocycles. The van der Waals surface area contributed by atoms with Crippen LogP contribution in [0, 0.1) is 0 Å². The van der Waals surface area contributed by atoms with Crippen LogP contribution in [0.2, 0.25) is 0 Å². The van der Waals surface area contributed by atoms with Crippen LogP contribution in [0.1, 0.15) is 55.5 Å². The van der Waals surface area contributed by atoms with E-state index in [1.54, 1.807) is 12.1 Å². The fraction of sp³-hybridized carbons (Fsp3) is 0.429. The van der Waals surface area contributed by atoms with Gasteiger partial charge in [-0.15, -0.1) is 0 Å². The molecule has 0 aliphatic rings. The fourth-order valence-corrected chi connectivity index (χ4v) is 2.82. The second-order valence-corrected chi connectivity index (χ2v) is 6.74. The van der Waals surface area contributed by atoms with Crippen molar-refractivity contribution in [1.29, 1.82) is 0 Å². The van der Waals surface area contributed by atoms with E-state index in [1.807, 2.05) is 17.1 Å². The largest absolute Gasteiger partial charge is 0.453 e. The number of H-pyrrole nitrogens is 1. The predicted octanol–water partition coefficient (Wildman–Crippen LogP) is 2.47. The van der Waals surface area contributed by atoms with E-state index in [9.17, 15) is 19.2 Å². The molecule has 150 valence electrons. The third-order valence-corrected chi connectivity index (χ3v) is 4.43. The summed E-state index contributed by atoms with van der Waals surface area (Å²) in [5.74, 6) is -1.04. The summed E-state index contributed by atoms with van der Waals surface area (Å²) in [5.41, 5.74) is 0.387. The molecule has 0 aliphatic heterocycles. The van der Waals surface area contributed by atoms with Gasteiger partial charge in [0, 0.05) is 17.8 Å². The topological polar surface area (TPSA) is 98.2 Å². The average molecular weight is 386 g/mol. The summed E-state index contributed by atoms with van der Waals surface area (Å²) in [7, 11) is 0. The number of rotatable bonds is 10. The van der Waals surface area contributed by atoms with Crippen LogP contribution in [0.4, 0.5) is 0 Å². The first-order chi connectivity index (χ1) is 13.4. The number of ketones is 1. The van der Waals surface area contributed by atoms with Crippen LogP contribution in [0.5, 0.6) is 0 Å². The van der Waals surface area contributed by atoms with Crippen molar-refractivity contribution in [1.82, 2.24) is 9.55 Å². The molecule has 1 atom stereocenters. The van der Waals surface area contributed by atoms with Gasteiger partial charge in [-0.25, -0.2) is 4.79 Å². The van der Waals surface area contributed by atoms with Crippen LogP contribution in [-0.4, -0.2) is 27.4 Å². The molecule has 0 aliphatic carbocycles. The smallest absolute Gasteiger partial charge is 0.328 e. The molecule has 1 aromatic carbocycles. The number of unbranched alkanes of at least 4 members (excludes halogenated alkanes) is 3. The first kappa shape index (κ1) is 21.3. The van der Waals surface area contributed by atoms with Crippen molar-refractivity contribution in [3.63, 3.8) is 0 Å². The van der Waals surface area contributed by atoms with Crippen LogP contribution >= 0.6 is 0 Å². The molecule has 2 rings (SSSR count). The zero-order chi connectivity index (χ0) is 20.5. The normalized spacial score (nSPS) is 11.8. The number of carbonyl (C=O) groups is 2. The van der Waals surface area contributed by atoms with Crippen molar-refractivity contribution in [3.8, 4) is 0 Å². The Morgan fingerprint density at radius 3 is 2.43 bits per heavy atom. The molecule has 0 unspecified atom stereocenters. The Hall–Kier alpha value is -2.96. The van der Waals surface area contributed by atoms with Gasteiger partial charge in [0.25, 0.3) is 5.56 Å². The van der Waals surface area contributed by atoms with Gasteiger partial charge in [0.15, 0.2) is 6.10 Å². The van der Waals surface area contributed by atoms with Gasteiger partial charge in [0.2, 0.25) is 5.78 Å². The van der Waals surface area contributed by atoms with Gasteiger partial charge < -0.3 is 4.74 Å². The Morgan fingerprint density at radius 1 is 1.07 bits per heavy atom. The molecule has 0 fully saturated rings. The number of aryl methyl sites for hydroxylation is 1. The van der Waals surface area contributed by atoms with Crippen LogP contribution in [0.3, 0.4) is 0 Å². The summed E-state index contributed by atoms with van der Waals surface area (Å²) < 4.78 is 6.15. The van der Waals surface area contributed by atoms with E-state index in [4.69, 9.17) is 4.74 Å². The Labute approximate surface area is 163 Å². The lowest BCUT2D eigenvalue weighted by Crippen LogP contribution is -2.33. The Bertz CT molecular complexity index is 911. The second-order valence-electron chi connectivity index (χ2n) is 6.74. The molecule has 7 heteroatoms. The number of esters is 1. The molecule has 0 spiro atoms. The number of nitrogens with zero attached hydrogens (tertiary/aromatic N) is 1. The lowest BCUT2D eigenvalue weighted by molar-refractivity contribution is -0.147. The molecule has 0 amide bonds. The lowest BCUT2D eigenvalue weighted by atomic mass is 10.0. The van der Waals surface area contributed by atoms with E-state index in [2.05, 4.69) is 6.92 Å². The van der Waals surface area contributed by atoms with Crippen molar-refractivity contribution in [3.05, 3.63) is 68.5 Å². The van der Waals surface area contributed by atoms with Crippen molar-refractivity contribution in [2.24, 2.45) is 0 Å². The highest BCUT2D eigenvalue weighted by atomic mass is 16.5. The zero-order valence-electron chi connectivity index (χ0n) is 16.3. The maximum absolute atomic E-state index is 12.5. The summed E-state index contributed by atoms with van der Waals surface area (Å²) in [6, 6.07) is 8.47. The number of benzene rings is 1. The Morgan fingerprint density at radius 2 is 1.79 bits per heavy atom. The summed E-state index contributed by atoms with van der Waals surface area (Å²) in [6.45, 7) is 3.28. The second kappa shape index (κ2) is 10.4. The van der Waals surface area contributed by atoms with Gasteiger partial charge in [0.05, 0.1) is 0 Å². The molecule has 0 bridgehead atoms. The quantitative estimate of drug-likeness (QED) is 0.384. The maximum Gasteiger partial charge on any atom is 0.328 e. The monoisotopic (exact) mass is 386 g/mol. The SMILES string of the molecule is CCCCCCc1ccc(C(=O)[C@H](C)OC(=O)Cn2ccc(=O)[nH]c2=O)cc1. The van der Waals surface area contributed by atoms with Gasteiger partial charge in [-0.1, -0.05) is 50.5 Å². The van der Waals surface area contributed by atoms with E-state index < -0.39 is 23.3 Å². The molecule has 1 N–H and O–H groups in total. The van der Waals surface area contributed by atoms with Crippen molar-refractivity contribution in [2.75, 3.05) is 0 Å². The number of aromatic amines is 1. The van der Waals surface area contributed by atoms with E-state index >= 15 is 0 Å². The molecule has 0 saturated carbocycles. The first-order valence-electron chi connectivity index (χ1n) is 9.53. The van der Waals surface area contributed by atoms with Crippen LogP contribution in [0.15, 0.2) is 46.1 Å². The highest BCUT2D eigenvalue weighted by Gasteiger charge is 2.20. The molecular formula is C21H26N2O5. The van der Waals surface area contributed by atoms with E-state index in [1.165, 1.54) is 37.9 Å². The van der Waals surface area contributed by atoms with Crippen LogP contribution in [0.25, 0.3) is 0 Å². The number of carbonyl (C=O) groups excluding carboxylic acids is 2. The number of ether oxygens (including phenoxy) is 1. The van der Waals surface area contributed by atoms with Gasteiger partial charge in [-0.05, 0) is 25.3 Å². The molecule has 28 heavy (non-hydrogen) atoms.